The summed E-state index contributed by atoms with van der Waals surface area (Å²) in [5, 5.41) is 1.38. The number of halogens is 3. The molecule has 0 aliphatic heterocycles. The van der Waals surface area contributed by atoms with Crippen molar-refractivity contribution in [2.24, 2.45) is 0 Å². The topological polar surface area (TPSA) is 18.5 Å². The smallest absolute Gasteiger partial charge is 0.127 e. The molecule has 0 bridgehead atoms. The molecule has 0 fully saturated rings. The van der Waals surface area contributed by atoms with Gasteiger partial charge in [-0.25, -0.2) is 4.39 Å². The summed E-state index contributed by atoms with van der Waals surface area (Å²) < 4.78 is 24.6. The largest absolute Gasteiger partial charge is 0.385 e. The third kappa shape index (κ3) is 5.10. The van der Waals surface area contributed by atoms with Gasteiger partial charge in [-0.05, 0) is 24.5 Å². The zero-order valence-corrected chi connectivity index (χ0v) is 14.9. The Labute approximate surface area is 137 Å². The van der Waals surface area contributed by atoms with Crippen LogP contribution in [-0.2, 0) is 14.9 Å². The molecule has 114 valence electrons. The Morgan fingerprint density at radius 2 is 1.80 bits per heavy atom. The van der Waals surface area contributed by atoms with Gasteiger partial charge in [0, 0.05) is 43.0 Å². The number of rotatable bonds is 10. The standard InChI is InChI=1S/C15H21Br2FO2/c1-19-8-4-9-20-10-7-15(11-16,12-17)13-5-2-3-6-14(13)18/h2-3,5-6H,4,7-12H2,1H3. The summed E-state index contributed by atoms with van der Waals surface area (Å²) in [7, 11) is 1.68. The minimum atomic E-state index is -0.285. The Kier molecular flexibility index (Phi) is 8.93. The number of methoxy groups -OCH3 is 1. The number of ether oxygens (including phenoxy) is 2. The van der Waals surface area contributed by atoms with E-state index in [9.17, 15) is 4.39 Å². The van der Waals surface area contributed by atoms with Crippen LogP contribution in [0.4, 0.5) is 4.39 Å². The number of alkyl halides is 2. The summed E-state index contributed by atoms with van der Waals surface area (Å²) in [6.45, 7) is 1.98. The Morgan fingerprint density at radius 1 is 1.10 bits per heavy atom. The first-order valence-electron chi connectivity index (χ1n) is 6.64. The molecule has 0 aromatic heterocycles. The van der Waals surface area contributed by atoms with E-state index in [1.54, 1.807) is 13.2 Å². The Morgan fingerprint density at radius 3 is 2.40 bits per heavy atom. The van der Waals surface area contributed by atoms with E-state index in [-0.39, 0.29) is 11.2 Å². The molecule has 0 amide bonds. The zero-order chi connectivity index (χ0) is 14.8. The summed E-state index contributed by atoms with van der Waals surface area (Å²) >= 11 is 7.05. The highest BCUT2D eigenvalue weighted by Crippen LogP contribution is 2.34. The molecule has 0 aliphatic carbocycles. The fourth-order valence-corrected chi connectivity index (χ4v) is 4.11. The summed E-state index contributed by atoms with van der Waals surface area (Å²) in [4.78, 5) is 0. The van der Waals surface area contributed by atoms with E-state index >= 15 is 0 Å². The minimum absolute atomic E-state index is 0.161. The molecule has 0 aliphatic rings. The quantitative estimate of drug-likeness (QED) is 0.422. The third-order valence-electron chi connectivity index (χ3n) is 3.32. The zero-order valence-electron chi connectivity index (χ0n) is 11.7. The lowest BCUT2D eigenvalue weighted by Crippen LogP contribution is -2.33. The van der Waals surface area contributed by atoms with Crippen LogP contribution in [0.1, 0.15) is 18.4 Å². The van der Waals surface area contributed by atoms with Crippen LogP contribution in [0.25, 0.3) is 0 Å². The molecule has 20 heavy (non-hydrogen) atoms. The summed E-state index contributed by atoms with van der Waals surface area (Å²) in [5.74, 6) is -0.161. The van der Waals surface area contributed by atoms with Crippen molar-refractivity contribution in [1.82, 2.24) is 0 Å². The van der Waals surface area contributed by atoms with Gasteiger partial charge in [-0.2, -0.15) is 0 Å². The van der Waals surface area contributed by atoms with E-state index in [1.165, 1.54) is 6.07 Å². The molecular weight excluding hydrogens is 391 g/mol. The van der Waals surface area contributed by atoms with Crippen LogP contribution in [0, 0.1) is 5.82 Å². The van der Waals surface area contributed by atoms with Crippen LogP contribution in [-0.4, -0.2) is 37.6 Å². The second-order valence-electron chi connectivity index (χ2n) is 4.74. The maximum atomic E-state index is 14.0. The van der Waals surface area contributed by atoms with Crippen LogP contribution >= 0.6 is 31.9 Å². The predicted molar refractivity (Wildman–Crippen MR) is 87.6 cm³/mol. The first-order chi connectivity index (χ1) is 9.70. The lowest BCUT2D eigenvalue weighted by molar-refractivity contribution is 0.0932. The highest BCUT2D eigenvalue weighted by Gasteiger charge is 2.32. The average molecular weight is 412 g/mol. The molecule has 1 rings (SSSR count). The molecular formula is C15H21Br2FO2. The Balaban J connectivity index is 2.61. The van der Waals surface area contributed by atoms with Gasteiger partial charge in [0.05, 0.1) is 0 Å². The van der Waals surface area contributed by atoms with Crippen LogP contribution in [0.2, 0.25) is 0 Å². The average Bonchev–Trinajstić information content (AvgIpc) is 2.48. The SMILES string of the molecule is COCCCOCCC(CBr)(CBr)c1ccccc1F. The van der Waals surface area contributed by atoms with Crippen molar-refractivity contribution >= 4 is 31.9 Å². The van der Waals surface area contributed by atoms with Crippen molar-refractivity contribution in [1.29, 1.82) is 0 Å². The molecule has 0 saturated heterocycles. The molecule has 0 unspecified atom stereocenters. The molecule has 0 spiro atoms. The van der Waals surface area contributed by atoms with Gasteiger partial charge in [0.15, 0.2) is 0 Å². The molecule has 0 saturated carbocycles. The Bertz CT molecular complexity index is 384. The van der Waals surface area contributed by atoms with Gasteiger partial charge in [0.2, 0.25) is 0 Å². The number of hydrogen-bond acceptors (Lipinski definition) is 2. The second kappa shape index (κ2) is 9.87. The fourth-order valence-electron chi connectivity index (χ4n) is 2.01. The molecule has 2 nitrogen and oxygen atoms in total. The molecule has 1 aromatic rings. The van der Waals surface area contributed by atoms with Gasteiger partial charge < -0.3 is 9.47 Å². The van der Waals surface area contributed by atoms with Gasteiger partial charge in [-0.3, -0.25) is 0 Å². The molecule has 1 aromatic carbocycles. The van der Waals surface area contributed by atoms with Gasteiger partial charge >= 0.3 is 0 Å². The van der Waals surface area contributed by atoms with Gasteiger partial charge in [0.25, 0.3) is 0 Å². The van der Waals surface area contributed by atoms with Gasteiger partial charge in [-0.15, -0.1) is 0 Å². The van der Waals surface area contributed by atoms with E-state index in [2.05, 4.69) is 31.9 Å². The molecule has 0 radical (unpaired) electrons. The van der Waals surface area contributed by atoms with E-state index in [0.29, 0.717) is 30.5 Å². The van der Waals surface area contributed by atoms with Crippen molar-refractivity contribution in [2.45, 2.75) is 18.3 Å². The summed E-state index contributed by atoms with van der Waals surface area (Å²) in [6, 6.07) is 6.95. The fraction of sp³-hybridized carbons (Fsp3) is 0.600. The van der Waals surface area contributed by atoms with Crippen LogP contribution in [0.5, 0.6) is 0 Å². The highest BCUT2D eigenvalue weighted by atomic mass is 79.9. The van der Waals surface area contributed by atoms with E-state index < -0.39 is 0 Å². The van der Waals surface area contributed by atoms with Crippen molar-refractivity contribution in [3.63, 3.8) is 0 Å². The predicted octanol–water partition coefficient (Wildman–Crippen LogP) is 4.30. The highest BCUT2D eigenvalue weighted by molar-refractivity contribution is 9.09. The lowest BCUT2D eigenvalue weighted by Gasteiger charge is -2.31. The van der Waals surface area contributed by atoms with Crippen molar-refractivity contribution in [2.75, 3.05) is 37.6 Å². The minimum Gasteiger partial charge on any atom is -0.385 e. The first-order valence-corrected chi connectivity index (χ1v) is 8.88. The maximum Gasteiger partial charge on any atom is 0.127 e. The van der Waals surface area contributed by atoms with Crippen LogP contribution in [0.3, 0.4) is 0 Å². The Hall–Kier alpha value is 0.0300. The van der Waals surface area contributed by atoms with Gasteiger partial charge in [-0.1, -0.05) is 50.1 Å². The number of hydrogen-bond donors (Lipinski definition) is 0. The lowest BCUT2D eigenvalue weighted by atomic mass is 9.81. The van der Waals surface area contributed by atoms with E-state index in [0.717, 1.165) is 18.4 Å². The van der Waals surface area contributed by atoms with Crippen molar-refractivity contribution in [3.8, 4) is 0 Å². The molecule has 0 atom stereocenters. The molecule has 0 heterocycles. The van der Waals surface area contributed by atoms with Gasteiger partial charge in [0.1, 0.15) is 5.82 Å². The van der Waals surface area contributed by atoms with E-state index in [4.69, 9.17) is 9.47 Å². The van der Waals surface area contributed by atoms with Crippen LogP contribution in [0.15, 0.2) is 24.3 Å². The summed E-state index contributed by atoms with van der Waals surface area (Å²) in [5.41, 5.74) is 0.446. The van der Waals surface area contributed by atoms with Crippen LogP contribution < -0.4 is 0 Å². The molecule has 0 N–H and O–H groups in total. The first kappa shape index (κ1) is 18.1. The third-order valence-corrected chi connectivity index (χ3v) is 5.47. The second-order valence-corrected chi connectivity index (χ2v) is 5.86. The maximum absolute atomic E-state index is 14.0. The number of benzene rings is 1. The summed E-state index contributed by atoms with van der Waals surface area (Å²) in [6.07, 6.45) is 1.64. The normalized spacial score (nSPS) is 11.8. The van der Waals surface area contributed by atoms with E-state index in [1.807, 2.05) is 12.1 Å². The molecule has 5 heteroatoms. The monoisotopic (exact) mass is 410 g/mol. The van der Waals surface area contributed by atoms with Crippen molar-refractivity contribution < 1.29 is 13.9 Å². The van der Waals surface area contributed by atoms with Crippen molar-refractivity contribution in [3.05, 3.63) is 35.6 Å².